The number of benzene rings is 1. The average Bonchev–Trinajstić information content (AvgIpc) is 2.98. The third-order valence-electron chi connectivity index (χ3n) is 3.34. The molecule has 0 amide bonds. The highest BCUT2D eigenvalue weighted by molar-refractivity contribution is 5.78. The number of carboxylic acids is 1. The summed E-state index contributed by atoms with van der Waals surface area (Å²) in [6.07, 6.45) is 2.31. The SMILES string of the molecule is CN(C)Cc1cccc(CC2(C(=O)O)CC2)c1. The highest BCUT2D eigenvalue weighted by Crippen LogP contribution is 2.48. The van der Waals surface area contributed by atoms with Crippen LogP contribution in [0.4, 0.5) is 0 Å². The van der Waals surface area contributed by atoms with Crippen LogP contribution in [-0.2, 0) is 17.8 Å². The Kier molecular flexibility index (Phi) is 3.20. The van der Waals surface area contributed by atoms with E-state index in [0.29, 0.717) is 6.42 Å². The topological polar surface area (TPSA) is 40.5 Å². The van der Waals surface area contributed by atoms with Crippen LogP contribution in [0.1, 0.15) is 24.0 Å². The Morgan fingerprint density at radius 2 is 2.00 bits per heavy atom. The Balaban J connectivity index is 2.09. The molecule has 0 heterocycles. The van der Waals surface area contributed by atoms with Crippen molar-refractivity contribution >= 4 is 5.97 Å². The second-order valence-electron chi connectivity index (χ2n) is 5.32. The summed E-state index contributed by atoms with van der Waals surface area (Å²) in [6, 6.07) is 8.26. The number of hydrogen-bond donors (Lipinski definition) is 1. The van der Waals surface area contributed by atoms with Crippen molar-refractivity contribution < 1.29 is 9.90 Å². The Labute approximate surface area is 102 Å². The molecular formula is C14H19NO2. The molecule has 1 fully saturated rings. The smallest absolute Gasteiger partial charge is 0.309 e. The van der Waals surface area contributed by atoms with E-state index in [1.807, 2.05) is 26.2 Å². The van der Waals surface area contributed by atoms with Gasteiger partial charge in [-0.05, 0) is 44.5 Å². The molecule has 2 rings (SSSR count). The normalized spacial score (nSPS) is 17.1. The molecular weight excluding hydrogens is 214 g/mol. The van der Waals surface area contributed by atoms with E-state index in [9.17, 15) is 9.90 Å². The quantitative estimate of drug-likeness (QED) is 0.847. The van der Waals surface area contributed by atoms with E-state index in [-0.39, 0.29) is 0 Å². The zero-order chi connectivity index (χ0) is 12.5. The second-order valence-corrected chi connectivity index (χ2v) is 5.32. The van der Waals surface area contributed by atoms with Crippen LogP contribution in [0.3, 0.4) is 0 Å². The summed E-state index contributed by atoms with van der Waals surface area (Å²) in [5.74, 6) is -0.643. The van der Waals surface area contributed by atoms with Crippen molar-refractivity contribution in [1.82, 2.24) is 4.90 Å². The number of carboxylic acid groups (broad SMARTS) is 1. The summed E-state index contributed by atoms with van der Waals surface area (Å²) in [5, 5.41) is 9.17. The molecule has 1 aliphatic rings. The second kappa shape index (κ2) is 4.49. The van der Waals surface area contributed by atoms with Crippen molar-refractivity contribution in [2.24, 2.45) is 5.41 Å². The van der Waals surface area contributed by atoms with Crippen LogP contribution in [0.25, 0.3) is 0 Å². The van der Waals surface area contributed by atoms with Gasteiger partial charge in [-0.1, -0.05) is 24.3 Å². The standard InChI is InChI=1S/C14H19NO2/c1-15(2)10-12-5-3-4-11(8-12)9-14(6-7-14)13(16)17/h3-5,8H,6-7,9-10H2,1-2H3,(H,16,17). The summed E-state index contributed by atoms with van der Waals surface area (Å²) < 4.78 is 0. The molecule has 0 spiro atoms. The van der Waals surface area contributed by atoms with Gasteiger partial charge in [0.2, 0.25) is 0 Å². The monoisotopic (exact) mass is 233 g/mol. The fraction of sp³-hybridized carbons (Fsp3) is 0.500. The molecule has 1 aromatic carbocycles. The lowest BCUT2D eigenvalue weighted by atomic mass is 9.95. The molecule has 0 radical (unpaired) electrons. The molecule has 0 aliphatic heterocycles. The summed E-state index contributed by atoms with van der Waals surface area (Å²) in [6.45, 7) is 0.897. The number of carbonyl (C=O) groups is 1. The van der Waals surface area contributed by atoms with Gasteiger partial charge < -0.3 is 10.0 Å². The van der Waals surface area contributed by atoms with Crippen LogP contribution in [0.2, 0.25) is 0 Å². The molecule has 0 aromatic heterocycles. The minimum absolute atomic E-state index is 0.462. The first-order chi connectivity index (χ1) is 8.02. The van der Waals surface area contributed by atoms with Crippen molar-refractivity contribution in [1.29, 1.82) is 0 Å². The van der Waals surface area contributed by atoms with Gasteiger partial charge in [-0.3, -0.25) is 4.79 Å². The summed E-state index contributed by atoms with van der Waals surface area (Å²) in [4.78, 5) is 13.3. The van der Waals surface area contributed by atoms with Crippen molar-refractivity contribution in [3.8, 4) is 0 Å². The molecule has 1 aliphatic carbocycles. The van der Waals surface area contributed by atoms with Crippen molar-refractivity contribution in [2.45, 2.75) is 25.8 Å². The first-order valence-corrected chi connectivity index (χ1v) is 5.98. The number of rotatable bonds is 5. The molecule has 0 bridgehead atoms. The minimum atomic E-state index is -0.643. The van der Waals surface area contributed by atoms with E-state index in [2.05, 4.69) is 17.0 Å². The van der Waals surface area contributed by atoms with Gasteiger partial charge in [0, 0.05) is 6.54 Å². The van der Waals surface area contributed by atoms with Gasteiger partial charge in [0.05, 0.1) is 5.41 Å². The Bertz CT molecular complexity index is 422. The molecule has 0 unspecified atom stereocenters. The van der Waals surface area contributed by atoms with Crippen LogP contribution in [0.5, 0.6) is 0 Å². The van der Waals surface area contributed by atoms with Gasteiger partial charge in [0.1, 0.15) is 0 Å². The van der Waals surface area contributed by atoms with E-state index in [4.69, 9.17) is 0 Å². The highest BCUT2D eigenvalue weighted by atomic mass is 16.4. The van der Waals surface area contributed by atoms with Crippen LogP contribution in [0, 0.1) is 5.41 Å². The van der Waals surface area contributed by atoms with Crippen LogP contribution in [-0.4, -0.2) is 30.1 Å². The third kappa shape index (κ3) is 2.86. The zero-order valence-corrected chi connectivity index (χ0v) is 10.4. The first-order valence-electron chi connectivity index (χ1n) is 5.98. The van der Waals surface area contributed by atoms with Crippen LogP contribution in [0.15, 0.2) is 24.3 Å². The zero-order valence-electron chi connectivity index (χ0n) is 10.4. The lowest BCUT2D eigenvalue weighted by molar-refractivity contribution is -0.143. The van der Waals surface area contributed by atoms with Gasteiger partial charge in [0.15, 0.2) is 0 Å². The molecule has 3 heteroatoms. The van der Waals surface area contributed by atoms with Crippen LogP contribution < -0.4 is 0 Å². The van der Waals surface area contributed by atoms with Crippen molar-refractivity contribution in [3.05, 3.63) is 35.4 Å². The highest BCUT2D eigenvalue weighted by Gasteiger charge is 2.49. The van der Waals surface area contributed by atoms with Crippen LogP contribution >= 0.6 is 0 Å². The summed E-state index contributed by atoms with van der Waals surface area (Å²) in [5.41, 5.74) is 1.93. The van der Waals surface area contributed by atoms with Gasteiger partial charge in [-0.15, -0.1) is 0 Å². The first kappa shape index (κ1) is 12.1. The minimum Gasteiger partial charge on any atom is -0.481 e. The van der Waals surface area contributed by atoms with E-state index >= 15 is 0 Å². The summed E-state index contributed by atoms with van der Waals surface area (Å²) >= 11 is 0. The van der Waals surface area contributed by atoms with Gasteiger partial charge >= 0.3 is 5.97 Å². The number of hydrogen-bond acceptors (Lipinski definition) is 2. The van der Waals surface area contributed by atoms with E-state index in [1.54, 1.807) is 0 Å². The maximum atomic E-state index is 11.1. The van der Waals surface area contributed by atoms with Gasteiger partial charge in [-0.2, -0.15) is 0 Å². The van der Waals surface area contributed by atoms with E-state index < -0.39 is 11.4 Å². The molecule has 0 saturated heterocycles. The molecule has 0 atom stereocenters. The fourth-order valence-electron chi connectivity index (χ4n) is 2.21. The summed E-state index contributed by atoms with van der Waals surface area (Å²) in [7, 11) is 4.07. The van der Waals surface area contributed by atoms with E-state index in [0.717, 1.165) is 24.9 Å². The number of nitrogens with zero attached hydrogens (tertiary/aromatic N) is 1. The third-order valence-corrected chi connectivity index (χ3v) is 3.34. The maximum absolute atomic E-state index is 11.1. The molecule has 1 aromatic rings. The molecule has 3 nitrogen and oxygen atoms in total. The molecule has 1 saturated carbocycles. The lowest BCUT2D eigenvalue weighted by Gasteiger charge is -2.13. The Morgan fingerprint density at radius 1 is 1.35 bits per heavy atom. The molecule has 92 valence electrons. The molecule has 17 heavy (non-hydrogen) atoms. The maximum Gasteiger partial charge on any atom is 0.309 e. The Hall–Kier alpha value is -1.35. The number of aliphatic carboxylic acids is 1. The predicted molar refractivity (Wildman–Crippen MR) is 66.8 cm³/mol. The average molecular weight is 233 g/mol. The van der Waals surface area contributed by atoms with E-state index in [1.165, 1.54) is 5.56 Å². The fourth-order valence-corrected chi connectivity index (χ4v) is 2.21. The Morgan fingerprint density at radius 3 is 2.53 bits per heavy atom. The van der Waals surface area contributed by atoms with Gasteiger partial charge in [-0.25, -0.2) is 0 Å². The van der Waals surface area contributed by atoms with Crippen molar-refractivity contribution in [3.63, 3.8) is 0 Å². The predicted octanol–water partition coefficient (Wildman–Crippen LogP) is 2.16. The molecule has 1 N–H and O–H groups in total. The van der Waals surface area contributed by atoms with Crippen molar-refractivity contribution in [2.75, 3.05) is 14.1 Å². The lowest BCUT2D eigenvalue weighted by Crippen LogP contribution is -2.18. The van der Waals surface area contributed by atoms with Gasteiger partial charge in [0.25, 0.3) is 0 Å². The largest absolute Gasteiger partial charge is 0.481 e.